The van der Waals surface area contributed by atoms with Gasteiger partial charge in [-0.1, -0.05) is 0 Å². The molecular weight excluding hydrogens is 231 g/mol. The van der Waals surface area contributed by atoms with Crippen molar-refractivity contribution in [3.63, 3.8) is 0 Å². The van der Waals surface area contributed by atoms with E-state index in [9.17, 15) is 0 Å². The minimum atomic E-state index is 0.599. The first-order valence-electron chi connectivity index (χ1n) is 2.69. The van der Waals surface area contributed by atoms with Gasteiger partial charge in [0, 0.05) is 6.07 Å². The van der Waals surface area contributed by atoms with Crippen molar-refractivity contribution in [3.8, 4) is 5.95 Å². The van der Waals surface area contributed by atoms with Crippen molar-refractivity contribution in [1.82, 2.24) is 0 Å². The second kappa shape index (κ2) is 3.10. The molecule has 0 amide bonds. The van der Waals surface area contributed by atoms with Crippen LogP contribution < -0.4 is 4.74 Å². The monoisotopic (exact) mass is 238 g/mol. The summed E-state index contributed by atoms with van der Waals surface area (Å²) in [6.45, 7) is 2.58. The van der Waals surface area contributed by atoms with E-state index in [0.29, 0.717) is 12.6 Å². The van der Waals surface area contributed by atoms with Gasteiger partial charge in [-0.2, -0.15) is 0 Å². The van der Waals surface area contributed by atoms with E-state index in [0.717, 1.165) is 3.57 Å². The summed E-state index contributed by atoms with van der Waals surface area (Å²) in [5.41, 5.74) is 0. The van der Waals surface area contributed by atoms with Crippen LogP contribution >= 0.6 is 22.6 Å². The fourth-order valence-electron chi connectivity index (χ4n) is 0.513. The van der Waals surface area contributed by atoms with Crippen molar-refractivity contribution in [2.75, 3.05) is 6.61 Å². The van der Waals surface area contributed by atoms with Gasteiger partial charge < -0.3 is 9.15 Å². The molecule has 0 N–H and O–H groups in total. The smallest absolute Gasteiger partial charge is 0.285 e. The highest BCUT2D eigenvalue weighted by atomic mass is 127. The summed E-state index contributed by atoms with van der Waals surface area (Å²) in [5, 5.41) is 0. The molecule has 1 heterocycles. The van der Waals surface area contributed by atoms with Crippen LogP contribution in [0, 0.1) is 3.57 Å². The van der Waals surface area contributed by atoms with Gasteiger partial charge in [0.15, 0.2) is 0 Å². The maximum absolute atomic E-state index is 5.06. The van der Waals surface area contributed by atoms with Crippen molar-refractivity contribution in [3.05, 3.63) is 15.9 Å². The third kappa shape index (κ3) is 1.89. The lowest BCUT2D eigenvalue weighted by molar-refractivity contribution is 0.257. The van der Waals surface area contributed by atoms with Gasteiger partial charge in [0.05, 0.1) is 10.2 Å². The summed E-state index contributed by atoms with van der Waals surface area (Å²) in [7, 11) is 0. The highest BCUT2D eigenvalue weighted by molar-refractivity contribution is 14.1. The van der Waals surface area contributed by atoms with Gasteiger partial charge in [0.25, 0.3) is 5.95 Å². The minimum Gasteiger partial charge on any atom is -0.465 e. The predicted octanol–water partition coefficient (Wildman–Crippen LogP) is 2.28. The molecule has 0 aliphatic heterocycles. The van der Waals surface area contributed by atoms with Gasteiger partial charge >= 0.3 is 0 Å². The van der Waals surface area contributed by atoms with Crippen molar-refractivity contribution >= 4 is 22.6 Å². The molecule has 0 spiro atoms. The van der Waals surface area contributed by atoms with E-state index in [2.05, 4.69) is 22.6 Å². The summed E-state index contributed by atoms with van der Waals surface area (Å²) < 4.78 is 11.1. The molecule has 0 saturated carbocycles. The van der Waals surface area contributed by atoms with E-state index < -0.39 is 0 Å². The molecule has 3 heteroatoms. The third-order valence-electron chi connectivity index (χ3n) is 0.830. The van der Waals surface area contributed by atoms with E-state index in [1.807, 2.05) is 13.0 Å². The molecule has 0 unspecified atom stereocenters. The van der Waals surface area contributed by atoms with Gasteiger partial charge in [-0.3, -0.25) is 0 Å². The fraction of sp³-hybridized carbons (Fsp3) is 0.333. The van der Waals surface area contributed by atoms with Crippen LogP contribution in [0.4, 0.5) is 0 Å². The first kappa shape index (κ1) is 6.92. The van der Waals surface area contributed by atoms with Crippen molar-refractivity contribution in [1.29, 1.82) is 0 Å². The Kier molecular flexibility index (Phi) is 2.38. The average Bonchev–Trinajstić information content (AvgIpc) is 2.17. The lowest BCUT2D eigenvalue weighted by atomic mass is 10.6. The molecule has 50 valence electrons. The maximum Gasteiger partial charge on any atom is 0.285 e. The van der Waals surface area contributed by atoms with Gasteiger partial charge in [-0.25, -0.2) is 0 Å². The van der Waals surface area contributed by atoms with Crippen molar-refractivity contribution < 1.29 is 9.15 Å². The zero-order chi connectivity index (χ0) is 6.69. The highest BCUT2D eigenvalue weighted by Crippen LogP contribution is 2.16. The first-order valence-corrected chi connectivity index (χ1v) is 3.77. The molecule has 1 aromatic rings. The Morgan fingerprint density at radius 1 is 1.78 bits per heavy atom. The molecule has 0 aliphatic carbocycles. The summed E-state index contributed by atoms with van der Waals surface area (Å²) in [6, 6.07) is 1.85. The topological polar surface area (TPSA) is 22.4 Å². The van der Waals surface area contributed by atoms with Gasteiger partial charge in [-0.15, -0.1) is 0 Å². The summed E-state index contributed by atoms with van der Waals surface area (Å²) >= 11 is 2.17. The molecule has 0 aliphatic rings. The summed E-state index contributed by atoms with van der Waals surface area (Å²) in [5.74, 6) is 0.599. The van der Waals surface area contributed by atoms with Crippen LogP contribution in [-0.4, -0.2) is 6.61 Å². The first-order chi connectivity index (χ1) is 4.33. The molecule has 9 heavy (non-hydrogen) atoms. The Labute approximate surface area is 67.3 Å². The van der Waals surface area contributed by atoms with Crippen LogP contribution in [0.5, 0.6) is 5.95 Å². The highest BCUT2D eigenvalue weighted by Gasteiger charge is 1.96. The van der Waals surface area contributed by atoms with Crippen molar-refractivity contribution in [2.24, 2.45) is 0 Å². The maximum atomic E-state index is 5.06. The van der Waals surface area contributed by atoms with Crippen LogP contribution in [0.2, 0.25) is 0 Å². The molecular formula is C6H7IO2. The summed E-state index contributed by atoms with van der Waals surface area (Å²) in [6.07, 6.45) is 1.66. The van der Waals surface area contributed by atoms with Crippen LogP contribution in [0.15, 0.2) is 16.7 Å². The normalized spacial score (nSPS) is 9.56. The number of furan rings is 1. The molecule has 0 saturated heterocycles. The number of ether oxygens (including phenoxy) is 1. The van der Waals surface area contributed by atoms with Crippen LogP contribution in [0.25, 0.3) is 0 Å². The van der Waals surface area contributed by atoms with Crippen LogP contribution in [0.3, 0.4) is 0 Å². The standard InChI is InChI=1S/C6H7IO2/c1-2-8-6-3-5(7)4-9-6/h3-4H,2H2,1H3. The predicted molar refractivity (Wildman–Crippen MR) is 42.6 cm³/mol. The molecule has 0 radical (unpaired) electrons. The van der Waals surface area contributed by atoms with Crippen molar-refractivity contribution in [2.45, 2.75) is 6.92 Å². The molecule has 1 aromatic heterocycles. The second-order valence-corrected chi connectivity index (χ2v) is 2.76. The number of hydrogen-bond acceptors (Lipinski definition) is 2. The molecule has 0 atom stereocenters. The number of halogens is 1. The second-order valence-electron chi connectivity index (χ2n) is 1.52. The Morgan fingerprint density at radius 3 is 3.00 bits per heavy atom. The molecule has 0 bridgehead atoms. The van der Waals surface area contributed by atoms with E-state index in [-0.39, 0.29) is 0 Å². The molecule has 2 nitrogen and oxygen atoms in total. The van der Waals surface area contributed by atoms with Gasteiger partial charge in [-0.05, 0) is 29.5 Å². The van der Waals surface area contributed by atoms with E-state index in [1.165, 1.54) is 0 Å². The number of rotatable bonds is 2. The number of hydrogen-bond donors (Lipinski definition) is 0. The molecule has 0 fully saturated rings. The lowest BCUT2D eigenvalue weighted by Crippen LogP contribution is -1.87. The molecule has 1 rings (SSSR count). The third-order valence-corrected chi connectivity index (χ3v) is 1.40. The Hall–Kier alpha value is -0.190. The van der Waals surface area contributed by atoms with Gasteiger partial charge in [0.1, 0.15) is 6.26 Å². The zero-order valence-electron chi connectivity index (χ0n) is 5.06. The largest absolute Gasteiger partial charge is 0.465 e. The SMILES string of the molecule is CCOc1cc(I)co1. The average molecular weight is 238 g/mol. The van der Waals surface area contributed by atoms with E-state index >= 15 is 0 Å². The summed E-state index contributed by atoms with van der Waals surface area (Å²) in [4.78, 5) is 0. The quantitative estimate of drug-likeness (QED) is 0.737. The van der Waals surface area contributed by atoms with Crippen LogP contribution in [-0.2, 0) is 0 Å². The Morgan fingerprint density at radius 2 is 2.56 bits per heavy atom. The Bertz CT molecular complexity index is 183. The fourth-order valence-corrected chi connectivity index (χ4v) is 0.894. The Balaban J connectivity index is 2.61. The zero-order valence-corrected chi connectivity index (χ0v) is 7.21. The lowest BCUT2D eigenvalue weighted by Gasteiger charge is -1.92. The van der Waals surface area contributed by atoms with E-state index in [4.69, 9.17) is 9.15 Å². The van der Waals surface area contributed by atoms with Crippen LogP contribution in [0.1, 0.15) is 6.92 Å². The van der Waals surface area contributed by atoms with E-state index in [1.54, 1.807) is 6.26 Å². The minimum absolute atomic E-state index is 0.599. The van der Waals surface area contributed by atoms with Gasteiger partial charge in [0.2, 0.25) is 0 Å². The molecule has 0 aromatic carbocycles.